The Hall–Kier alpha value is -1.75. The van der Waals surface area contributed by atoms with Crippen LogP contribution >= 0.6 is 0 Å². The normalized spacial score (nSPS) is 12.8. The fourth-order valence-electron chi connectivity index (χ4n) is 2.10. The first-order valence-electron chi connectivity index (χ1n) is 7.25. The standard InChI is InChI=1S/C15H23N5/c1-5-10-16-12(4)15-17-18-19-20(15)14-8-6-13(7-9-14)11(2)3/h6-9,11-12,16H,5,10H2,1-4H3. The van der Waals surface area contributed by atoms with Crippen molar-refractivity contribution in [2.45, 2.75) is 46.1 Å². The van der Waals surface area contributed by atoms with E-state index >= 15 is 0 Å². The van der Waals surface area contributed by atoms with Crippen LogP contribution in [-0.2, 0) is 0 Å². The second-order valence-electron chi connectivity index (χ2n) is 5.37. The van der Waals surface area contributed by atoms with Gasteiger partial charge < -0.3 is 5.32 Å². The van der Waals surface area contributed by atoms with Crippen LogP contribution in [0.15, 0.2) is 24.3 Å². The van der Waals surface area contributed by atoms with E-state index in [1.54, 1.807) is 4.68 Å². The van der Waals surface area contributed by atoms with Crippen molar-refractivity contribution in [3.05, 3.63) is 35.7 Å². The van der Waals surface area contributed by atoms with E-state index in [1.165, 1.54) is 5.56 Å². The third-order valence-electron chi connectivity index (χ3n) is 3.39. The highest BCUT2D eigenvalue weighted by Crippen LogP contribution is 2.18. The maximum Gasteiger partial charge on any atom is 0.173 e. The lowest BCUT2D eigenvalue weighted by Gasteiger charge is -2.13. The van der Waals surface area contributed by atoms with Crippen LogP contribution < -0.4 is 5.32 Å². The van der Waals surface area contributed by atoms with Gasteiger partial charge in [0.1, 0.15) is 0 Å². The van der Waals surface area contributed by atoms with Gasteiger partial charge in [-0.05, 0) is 53.9 Å². The number of nitrogens with zero attached hydrogens (tertiary/aromatic N) is 4. The highest BCUT2D eigenvalue weighted by atomic mass is 15.5. The molecule has 5 nitrogen and oxygen atoms in total. The van der Waals surface area contributed by atoms with Crippen molar-refractivity contribution in [3.63, 3.8) is 0 Å². The molecule has 0 saturated carbocycles. The summed E-state index contributed by atoms with van der Waals surface area (Å²) >= 11 is 0. The summed E-state index contributed by atoms with van der Waals surface area (Å²) in [5.41, 5.74) is 2.32. The van der Waals surface area contributed by atoms with Crippen LogP contribution in [0.1, 0.15) is 57.5 Å². The van der Waals surface area contributed by atoms with Crippen molar-refractivity contribution in [2.75, 3.05) is 6.54 Å². The molecule has 0 fully saturated rings. The first kappa shape index (κ1) is 14.7. The van der Waals surface area contributed by atoms with Crippen LogP contribution in [0.25, 0.3) is 5.69 Å². The zero-order chi connectivity index (χ0) is 14.5. The predicted octanol–water partition coefficient (Wildman–Crippen LogP) is 2.85. The molecule has 1 atom stereocenters. The lowest BCUT2D eigenvalue weighted by Crippen LogP contribution is -2.22. The summed E-state index contributed by atoms with van der Waals surface area (Å²) in [7, 11) is 0. The average molecular weight is 273 g/mol. The number of nitrogens with one attached hydrogen (secondary N) is 1. The van der Waals surface area contributed by atoms with Crippen LogP contribution in [0.5, 0.6) is 0 Å². The summed E-state index contributed by atoms with van der Waals surface area (Å²) in [4.78, 5) is 0. The average Bonchev–Trinajstić information content (AvgIpc) is 2.94. The molecule has 108 valence electrons. The summed E-state index contributed by atoms with van der Waals surface area (Å²) in [6, 6.07) is 8.55. The summed E-state index contributed by atoms with van der Waals surface area (Å²) in [6.45, 7) is 9.57. The Morgan fingerprint density at radius 2 is 1.85 bits per heavy atom. The van der Waals surface area contributed by atoms with E-state index in [0.717, 1.165) is 24.5 Å². The van der Waals surface area contributed by atoms with Gasteiger partial charge in [0.2, 0.25) is 0 Å². The van der Waals surface area contributed by atoms with Crippen LogP contribution in [0.2, 0.25) is 0 Å². The fourth-order valence-corrected chi connectivity index (χ4v) is 2.10. The Morgan fingerprint density at radius 1 is 1.15 bits per heavy atom. The van der Waals surface area contributed by atoms with Gasteiger partial charge in [-0.25, -0.2) is 0 Å². The van der Waals surface area contributed by atoms with E-state index < -0.39 is 0 Å². The largest absolute Gasteiger partial charge is 0.307 e. The minimum atomic E-state index is 0.134. The number of hydrogen-bond acceptors (Lipinski definition) is 4. The lowest BCUT2D eigenvalue weighted by atomic mass is 10.0. The molecule has 1 N–H and O–H groups in total. The second kappa shape index (κ2) is 6.61. The Balaban J connectivity index is 2.22. The maximum absolute atomic E-state index is 4.14. The quantitative estimate of drug-likeness (QED) is 0.879. The van der Waals surface area contributed by atoms with Gasteiger partial charge in [-0.15, -0.1) is 5.10 Å². The van der Waals surface area contributed by atoms with Crippen molar-refractivity contribution < 1.29 is 0 Å². The Kier molecular flexibility index (Phi) is 4.84. The summed E-state index contributed by atoms with van der Waals surface area (Å²) in [5, 5.41) is 15.5. The molecule has 1 aromatic heterocycles. The first-order valence-corrected chi connectivity index (χ1v) is 7.25. The van der Waals surface area contributed by atoms with Gasteiger partial charge in [-0.2, -0.15) is 4.68 Å². The molecule has 0 aliphatic carbocycles. The minimum absolute atomic E-state index is 0.134. The maximum atomic E-state index is 4.14. The molecule has 2 rings (SSSR count). The summed E-state index contributed by atoms with van der Waals surface area (Å²) in [5.74, 6) is 1.37. The third kappa shape index (κ3) is 3.22. The van der Waals surface area contributed by atoms with Gasteiger partial charge in [0, 0.05) is 0 Å². The topological polar surface area (TPSA) is 55.6 Å². The van der Waals surface area contributed by atoms with Crippen LogP contribution in [-0.4, -0.2) is 26.8 Å². The second-order valence-corrected chi connectivity index (χ2v) is 5.37. The minimum Gasteiger partial charge on any atom is -0.307 e. The van der Waals surface area contributed by atoms with E-state index in [9.17, 15) is 0 Å². The van der Waals surface area contributed by atoms with Crippen molar-refractivity contribution >= 4 is 0 Å². The van der Waals surface area contributed by atoms with Crippen LogP contribution in [0.4, 0.5) is 0 Å². The molecule has 0 amide bonds. The lowest BCUT2D eigenvalue weighted by molar-refractivity contribution is 0.531. The molecule has 1 unspecified atom stereocenters. The molecule has 2 aromatic rings. The molecule has 0 aliphatic rings. The fraction of sp³-hybridized carbons (Fsp3) is 0.533. The molecular weight excluding hydrogens is 250 g/mol. The van der Waals surface area contributed by atoms with Crippen molar-refractivity contribution in [1.29, 1.82) is 0 Å². The molecular formula is C15H23N5. The molecule has 0 radical (unpaired) electrons. The van der Waals surface area contributed by atoms with Crippen molar-refractivity contribution in [2.24, 2.45) is 0 Å². The zero-order valence-corrected chi connectivity index (χ0v) is 12.7. The molecule has 20 heavy (non-hydrogen) atoms. The van der Waals surface area contributed by atoms with Gasteiger partial charge >= 0.3 is 0 Å². The van der Waals surface area contributed by atoms with E-state index in [2.05, 4.69) is 72.8 Å². The van der Waals surface area contributed by atoms with Crippen LogP contribution in [0.3, 0.4) is 0 Å². The summed E-state index contributed by atoms with van der Waals surface area (Å²) in [6.07, 6.45) is 1.09. The molecule has 0 saturated heterocycles. The summed E-state index contributed by atoms with van der Waals surface area (Å²) < 4.78 is 1.80. The van der Waals surface area contributed by atoms with Gasteiger partial charge in [0.15, 0.2) is 5.82 Å². The number of tetrazole rings is 1. The SMILES string of the molecule is CCCNC(C)c1nnnn1-c1ccc(C(C)C)cc1. The first-order chi connectivity index (χ1) is 9.63. The molecule has 1 heterocycles. The Labute approximate surface area is 120 Å². The van der Waals surface area contributed by atoms with E-state index in [0.29, 0.717) is 5.92 Å². The van der Waals surface area contributed by atoms with Crippen molar-refractivity contribution in [3.8, 4) is 5.69 Å². The molecule has 0 aliphatic heterocycles. The number of rotatable bonds is 6. The third-order valence-corrected chi connectivity index (χ3v) is 3.39. The van der Waals surface area contributed by atoms with E-state index in [4.69, 9.17) is 0 Å². The van der Waals surface area contributed by atoms with Crippen LogP contribution in [0, 0.1) is 0 Å². The molecule has 5 heteroatoms. The van der Waals surface area contributed by atoms with E-state index in [1.807, 2.05) is 0 Å². The van der Waals surface area contributed by atoms with Gasteiger partial charge in [-0.1, -0.05) is 32.9 Å². The number of benzene rings is 1. The Morgan fingerprint density at radius 3 is 2.45 bits per heavy atom. The molecule has 0 spiro atoms. The Bertz CT molecular complexity index is 529. The smallest absolute Gasteiger partial charge is 0.173 e. The monoisotopic (exact) mass is 273 g/mol. The molecule has 1 aromatic carbocycles. The van der Waals surface area contributed by atoms with E-state index in [-0.39, 0.29) is 6.04 Å². The highest BCUT2D eigenvalue weighted by Gasteiger charge is 2.15. The zero-order valence-electron chi connectivity index (χ0n) is 12.7. The molecule has 0 bridgehead atoms. The number of aromatic nitrogens is 4. The van der Waals surface area contributed by atoms with Gasteiger partial charge in [0.05, 0.1) is 11.7 Å². The van der Waals surface area contributed by atoms with Gasteiger partial charge in [-0.3, -0.25) is 0 Å². The number of hydrogen-bond donors (Lipinski definition) is 1. The van der Waals surface area contributed by atoms with Crippen molar-refractivity contribution in [1.82, 2.24) is 25.5 Å². The van der Waals surface area contributed by atoms with Gasteiger partial charge in [0.25, 0.3) is 0 Å². The highest BCUT2D eigenvalue weighted by molar-refractivity contribution is 5.35. The predicted molar refractivity (Wildman–Crippen MR) is 80.0 cm³/mol.